The van der Waals surface area contributed by atoms with E-state index < -0.39 is 0 Å². The van der Waals surface area contributed by atoms with Crippen LogP contribution in [0.5, 0.6) is 0 Å². The first kappa shape index (κ1) is 12.5. The van der Waals surface area contributed by atoms with Crippen LogP contribution in [0, 0.1) is 0 Å². The SMILES string of the molecule is CC(N)CN(C)C(=O)CC1CCCCO1. The van der Waals surface area contributed by atoms with Gasteiger partial charge in [0.15, 0.2) is 0 Å². The molecule has 0 aromatic carbocycles. The Hall–Kier alpha value is -0.610. The molecule has 4 heteroatoms. The van der Waals surface area contributed by atoms with Crippen molar-refractivity contribution in [3.8, 4) is 0 Å². The van der Waals surface area contributed by atoms with Crippen molar-refractivity contribution in [3.63, 3.8) is 0 Å². The molecule has 88 valence electrons. The Morgan fingerprint density at radius 2 is 2.33 bits per heavy atom. The molecule has 0 spiro atoms. The van der Waals surface area contributed by atoms with Gasteiger partial charge in [-0.25, -0.2) is 0 Å². The van der Waals surface area contributed by atoms with Gasteiger partial charge in [-0.1, -0.05) is 0 Å². The number of carbonyl (C=O) groups is 1. The van der Waals surface area contributed by atoms with Crippen molar-refractivity contribution in [1.29, 1.82) is 0 Å². The molecule has 0 aromatic heterocycles. The van der Waals surface area contributed by atoms with Crippen molar-refractivity contribution < 1.29 is 9.53 Å². The fraction of sp³-hybridized carbons (Fsp3) is 0.909. The maximum absolute atomic E-state index is 11.7. The van der Waals surface area contributed by atoms with Crippen LogP contribution >= 0.6 is 0 Å². The third kappa shape index (κ3) is 4.62. The van der Waals surface area contributed by atoms with Crippen LogP contribution in [0.1, 0.15) is 32.6 Å². The molecule has 0 aliphatic carbocycles. The minimum atomic E-state index is 0.0335. The van der Waals surface area contributed by atoms with Gasteiger partial charge in [-0.2, -0.15) is 0 Å². The van der Waals surface area contributed by atoms with E-state index >= 15 is 0 Å². The third-order valence-electron chi connectivity index (χ3n) is 2.66. The summed E-state index contributed by atoms with van der Waals surface area (Å²) in [5, 5.41) is 0. The van der Waals surface area contributed by atoms with Gasteiger partial charge in [0, 0.05) is 26.2 Å². The number of likely N-dealkylation sites (N-methyl/N-ethyl adjacent to an activating group) is 1. The Morgan fingerprint density at radius 1 is 1.60 bits per heavy atom. The zero-order chi connectivity index (χ0) is 11.3. The van der Waals surface area contributed by atoms with Crippen LogP contribution in [0.3, 0.4) is 0 Å². The molecule has 0 aromatic rings. The van der Waals surface area contributed by atoms with Gasteiger partial charge in [0.2, 0.25) is 5.91 Å². The first-order valence-corrected chi connectivity index (χ1v) is 5.70. The van der Waals surface area contributed by atoms with Crippen molar-refractivity contribution in [1.82, 2.24) is 4.90 Å². The van der Waals surface area contributed by atoms with E-state index in [1.54, 1.807) is 11.9 Å². The number of rotatable bonds is 4. The maximum atomic E-state index is 11.7. The van der Waals surface area contributed by atoms with E-state index in [1.807, 2.05) is 6.92 Å². The summed E-state index contributed by atoms with van der Waals surface area (Å²) < 4.78 is 5.52. The predicted octanol–water partition coefficient (Wildman–Crippen LogP) is 0.751. The van der Waals surface area contributed by atoms with E-state index in [1.165, 1.54) is 6.42 Å². The molecule has 1 aliphatic heterocycles. The van der Waals surface area contributed by atoms with E-state index in [4.69, 9.17) is 10.5 Å². The van der Waals surface area contributed by atoms with Gasteiger partial charge in [0.25, 0.3) is 0 Å². The van der Waals surface area contributed by atoms with Crippen LogP contribution in [0.25, 0.3) is 0 Å². The Bertz CT molecular complexity index is 201. The Balaban J connectivity index is 2.27. The van der Waals surface area contributed by atoms with Gasteiger partial charge in [-0.3, -0.25) is 4.79 Å². The Labute approximate surface area is 91.8 Å². The summed E-state index contributed by atoms with van der Waals surface area (Å²) in [4.78, 5) is 13.4. The lowest BCUT2D eigenvalue weighted by Crippen LogP contribution is -2.39. The maximum Gasteiger partial charge on any atom is 0.224 e. The molecule has 0 bridgehead atoms. The Kier molecular flexibility index (Phi) is 5.05. The van der Waals surface area contributed by atoms with Crippen LogP contribution in [0.4, 0.5) is 0 Å². The quantitative estimate of drug-likeness (QED) is 0.751. The van der Waals surface area contributed by atoms with Gasteiger partial charge >= 0.3 is 0 Å². The van der Waals surface area contributed by atoms with E-state index in [0.717, 1.165) is 19.4 Å². The molecule has 1 saturated heterocycles. The summed E-state index contributed by atoms with van der Waals surface area (Å²) in [6.07, 6.45) is 3.94. The average Bonchev–Trinajstić information content (AvgIpc) is 2.18. The molecular weight excluding hydrogens is 192 g/mol. The summed E-state index contributed by atoms with van der Waals surface area (Å²) in [7, 11) is 1.80. The molecule has 4 nitrogen and oxygen atoms in total. The largest absolute Gasteiger partial charge is 0.378 e. The molecule has 15 heavy (non-hydrogen) atoms. The second kappa shape index (κ2) is 6.08. The van der Waals surface area contributed by atoms with E-state index in [9.17, 15) is 4.79 Å². The summed E-state index contributed by atoms with van der Waals surface area (Å²) in [6, 6.07) is 0.0335. The molecule has 1 rings (SSSR count). The highest BCUT2D eigenvalue weighted by molar-refractivity contribution is 5.76. The predicted molar refractivity (Wildman–Crippen MR) is 59.5 cm³/mol. The van der Waals surface area contributed by atoms with Crippen LogP contribution in [-0.4, -0.2) is 43.2 Å². The van der Waals surface area contributed by atoms with Crippen molar-refractivity contribution in [2.75, 3.05) is 20.2 Å². The highest BCUT2D eigenvalue weighted by Gasteiger charge is 2.20. The lowest BCUT2D eigenvalue weighted by molar-refractivity contribution is -0.134. The van der Waals surface area contributed by atoms with Crippen LogP contribution in [0.2, 0.25) is 0 Å². The molecule has 1 fully saturated rings. The summed E-state index contributed by atoms with van der Waals surface area (Å²) in [5.74, 6) is 0.138. The molecule has 2 unspecified atom stereocenters. The topological polar surface area (TPSA) is 55.6 Å². The normalized spacial score (nSPS) is 23.5. The standard InChI is InChI=1S/C11H22N2O2/c1-9(12)8-13(2)11(14)7-10-5-3-4-6-15-10/h9-10H,3-8,12H2,1-2H3. The zero-order valence-electron chi connectivity index (χ0n) is 9.74. The van der Waals surface area contributed by atoms with Gasteiger partial charge in [-0.15, -0.1) is 0 Å². The van der Waals surface area contributed by atoms with E-state index in [2.05, 4.69) is 0 Å². The van der Waals surface area contributed by atoms with Gasteiger partial charge in [0.05, 0.1) is 12.5 Å². The second-order valence-corrected chi connectivity index (χ2v) is 4.44. The van der Waals surface area contributed by atoms with Crippen molar-refractivity contribution in [2.24, 2.45) is 5.73 Å². The summed E-state index contributed by atoms with van der Waals surface area (Å²) in [5.41, 5.74) is 5.64. The smallest absolute Gasteiger partial charge is 0.224 e. The number of hydrogen-bond donors (Lipinski definition) is 1. The van der Waals surface area contributed by atoms with Crippen LogP contribution in [0.15, 0.2) is 0 Å². The number of nitrogens with zero attached hydrogens (tertiary/aromatic N) is 1. The number of carbonyl (C=O) groups excluding carboxylic acids is 1. The van der Waals surface area contributed by atoms with E-state index in [-0.39, 0.29) is 18.1 Å². The zero-order valence-corrected chi connectivity index (χ0v) is 9.74. The molecule has 1 aliphatic rings. The lowest BCUT2D eigenvalue weighted by atomic mass is 10.1. The van der Waals surface area contributed by atoms with Crippen molar-refractivity contribution in [3.05, 3.63) is 0 Å². The minimum Gasteiger partial charge on any atom is -0.378 e. The number of amides is 1. The van der Waals surface area contributed by atoms with Crippen molar-refractivity contribution >= 4 is 5.91 Å². The fourth-order valence-electron chi connectivity index (χ4n) is 1.85. The molecule has 0 saturated carbocycles. The molecule has 1 heterocycles. The van der Waals surface area contributed by atoms with Gasteiger partial charge in [-0.05, 0) is 26.2 Å². The molecule has 2 atom stereocenters. The van der Waals surface area contributed by atoms with Crippen LogP contribution < -0.4 is 5.73 Å². The first-order valence-electron chi connectivity index (χ1n) is 5.70. The second-order valence-electron chi connectivity index (χ2n) is 4.44. The van der Waals surface area contributed by atoms with Crippen molar-refractivity contribution in [2.45, 2.75) is 44.8 Å². The van der Waals surface area contributed by atoms with Gasteiger partial charge < -0.3 is 15.4 Å². The summed E-state index contributed by atoms with van der Waals surface area (Å²) >= 11 is 0. The number of ether oxygens (including phenoxy) is 1. The molecule has 1 amide bonds. The number of nitrogens with two attached hydrogens (primary N) is 1. The number of hydrogen-bond acceptors (Lipinski definition) is 3. The summed E-state index contributed by atoms with van der Waals surface area (Å²) in [6.45, 7) is 3.32. The Morgan fingerprint density at radius 3 is 2.87 bits per heavy atom. The van der Waals surface area contributed by atoms with Gasteiger partial charge in [0.1, 0.15) is 0 Å². The average molecular weight is 214 g/mol. The fourth-order valence-corrected chi connectivity index (χ4v) is 1.85. The monoisotopic (exact) mass is 214 g/mol. The molecule has 0 radical (unpaired) electrons. The molecule has 2 N–H and O–H groups in total. The third-order valence-corrected chi connectivity index (χ3v) is 2.66. The molecular formula is C11H22N2O2. The highest BCUT2D eigenvalue weighted by Crippen LogP contribution is 2.16. The van der Waals surface area contributed by atoms with E-state index in [0.29, 0.717) is 13.0 Å². The minimum absolute atomic E-state index is 0.0335. The highest BCUT2D eigenvalue weighted by atomic mass is 16.5. The first-order chi connectivity index (χ1) is 7.09. The lowest BCUT2D eigenvalue weighted by Gasteiger charge is -2.25. The van der Waals surface area contributed by atoms with Crippen LogP contribution in [-0.2, 0) is 9.53 Å².